The largest absolute Gasteiger partial charge is 0.315 e. The lowest BCUT2D eigenvalue weighted by Crippen LogP contribution is -1.94. The summed E-state index contributed by atoms with van der Waals surface area (Å²) in [5, 5.41) is 17.8. The number of anilines is 2. The fraction of sp³-hybridized carbons (Fsp3) is 0.278. The van der Waals surface area contributed by atoms with E-state index >= 15 is 0 Å². The molecule has 132 valence electrons. The van der Waals surface area contributed by atoms with Crippen LogP contribution in [0.1, 0.15) is 30.5 Å². The molecule has 0 spiro atoms. The summed E-state index contributed by atoms with van der Waals surface area (Å²) in [5.74, 6) is 1.09. The van der Waals surface area contributed by atoms with Gasteiger partial charge in [-0.25, -0.2) is 4.98 Å². The summed E-state index contributed by atoms with van der Waals surface area (Å²) in [7, 11) is 1.92. The van der Waals surface area contributed by atoms with E-state index in [2.05, 4.69) is 44.4 Å². The molecule has 4 rings (SSSR count). The molecule has 8 heteroatoms. The normalized spacial score (nSPS) is 11.4. The molecule has 0 radical (unpaired) electrons. The van der Waals surface area contributed by atoms with Gasteiger partial charge in [0.1, 0.15) is 10.8 Å². The summed E-state index contributed by atoms with van der Waals surface area (Å²) in [5.41, 5.74) is 4.71. The van der Waals surface area contributed by atoms with E-state index in [1.807, 2.05) is 49.2 Å². The summed E-state index contributed by atoms with van der Waals surface area (Å²) in [6.45, 7) is 6.20. The van der Waals surface area contributed by atoms with Crippen molar-refractivity contribution in [1.82, 2.24) is 29.9 Å². The third-order valence-electron chi connectivity index (χ3n) is 4.03. The van der Waals surface area contributed by atoms with Gasteiger partial charge in [-0.05, 0) is 25.1 Å². The second kappa shape index (κ2) is 6.45. The molecule has 0 aliphatic carbocycles. The van der Waals surface area contributed by atoms with Crippen LogP contribution in [0.5, 0.6) is 0 Å². The first kappa shape index (κ1) is 16.6. The van der Waals surface area contributed by atoms with Crippen LogP contribution in [0.15, 0.2) is 30.6 Å². The summed E-state index contributed by atoms with van der Waals surface area (Å²) >= 11 is 1.55. The fourth-order valence-corrected chi connectivity index (χ4v) is 3.49. The molecule has 0 aliphatic rings. The molecule has 1 N–H and O–H groups in total. The number of aromatic nitrogens is 6. The van der Waals surface area contributed by atoms with Crippen LogP contribution >= 0.6 is 11.3 Å². The number of hydrogen-bond donors (Lipinski definition) is 1. The van der Waals surface area contributed by atoms with Crippen LogP contribution in [0.3, 0.4) is 0 Å². The predicted molar refractivity (Wildman–Crippen MR) is 104 cm³/mol. The minimum absolute atomic E-state index is 0.363. The Morgan fingerprint density at radius 1 is 1.15 bits per heavy atom. The van der Waals surface area contributed by atoms with Gasteiger partial charge in [0.2, 0.25) is 5.13 Å². The van der Waals surface area contributed by atoms with Crippen LogP contribution in [-0.4, -0.2) is 29.9 Å². The SMILES string of the molecule is Cc1nn(C)cc1-c1cnc2ccc(Nc3nnc(C(C)C)s3)nc2c1. The minimum atomic E-state index is 0.363. The standard InChI is InChI=1S/C18H19N7S/c1-10(2)17-22-23-18(26-17)21-16-6-5-14-15(20-16)7-12(8-19-14)13-9-25(4)24-11(13)3/h5-10H,1-4H3,(H,20,21,23). The van der Waals surface area contributed by atoms with Crippen molar-refractivity contribution < 1.29 is 0 Å². The molecule has 0 saturated carbocycles. The first-order chi connectivity index (χ1) is 12.5. The second-order valence-electron chi connectivity index (χ2n) is 6.49. The van der Waals surface area contributed by atoms with Crippen LogP contribution in [0, 0.1) is 6.92 Å². The zero-order chi connectivity index (χ0) is 18.3. The highest BCUT2D eigenvalue weighted by molar-refractivity contribution is 7.15. The summed E-state index contributed by atoms with van der Waals surface area (Å²) in [4.78, 5) is 9.22. The quantitative estimate of drug-likeness (QED) is 0.587. The topological polar surface area (TPSA) is 81.4 Å². The van der Waals surface area contributed by atoms with Gasteiger partial charge in [-0.15, -0.1) is 10.2 Å². The maximum Gasteiger partial charge on any atom is 0.211 e. The summed E-state index contributed by atoms with van der Waals surface area (Å²) in [6, 6.07) is 5.90. The molecule has 0 bridgehead atoms. The Morgan fingerprint density at radius 2 is 2.00 bits per heavy atom. The maximum atomic E-state index is 4.69. The number of pyridine rings is 2. The Morgan fingerprint density at radius 3 is 2.69 bits per heavy atom. The molecule has 0 unspecified atom stereocenters. The van der Waals surface area contributed by atoms with Crippen LogP contribution in [0.25, 0.3) is 22.2 Å². The molecular weight excluding hydrogens is 346 g/mol. The molecule has 26 heavy (non-hydrogen) atoms. The highest BCUT2D eigenvalue weighted by Gasteiger charge is 2.11. The number of nitrogens with one attached hydrogen (secondary N) is 1. The number of nitrogens with zero attached hydrogens (tertiary/aromatic N) is 6. The summed E-state index contributed by atoms with van der Waals surface area (Å²) in [6.07, 6.45) is 3.86. The minimum Gasteiger partial charge on any atom is -0.315 e. The van der Waals surface area contributed by atoms with Gasteiger partial charge in [-0.3, -0.25) is 9.67 Å². The van der Waals surface area contributed by atoms with Gasteiger partial charge >= 0.3 is 0 Å². The Labute approximate surface area is 155 Å². The van der Waals surface area contributed by atoms with Crippen molar-refractivity contribution in [3.63, 3.8) is 0 Å². The van der Waals surface area contributed by atoms with Gasteiger partial charge in [-0.2, -0.15) is 5.10 Å². The van der Waals surface area contributed by atoms with E-state index in [0.717, 1.165) is 43.8 Å². The first-order valence-electron chi connectivity index (χ1n) is 8.37. The molecular formula is C18H19N7S. The van der Waals surface area contributed by atoms with Crippen molar-refractivity contribution in [2.24, 2.45) is 7.05 Å². The van der Waals surface area contributed by atoms with Crippen LogP contribution in [0.4, 0.5) is 10.9 Å². The monoisotopic (exact) mass is 365 g/mol. The Bertz CT molecular complexity index is 1080. The molecule has 0 amide bonds. The molecule has 0 atom stereocenters. The van der Waals surface area contributed by atoms with Gasteiger partial charge in [0, 0.05) is 36.5 Å². The van der Waals surface area contributed by atoms with Gasteiger partial charge in [0.25, 0.3) is 0 Å². The molecule has 0 saturated heterocycles. The van der Waals surface area contributed by atoms with Gasteiger partial charge in [0.05, 0.1) is 16.7 Å². The molecule has 4 aromatic heterocycles. The molecule has 0 aromatic carbocycles. The Balaban J connectivity index is 1.68. The van der Waals surface area contributed by atoms with Crippen molar-refractivity contribution in [2.75, 3.05) is 5.32 Å². The molecule has 7 nitrogen and oxygen atoms in total. The molecule has 4 aromatic rings. The zero-order valence-corrected chi connectivity index (χ0v) is 15.9. The number of rotatable bonds is 4. The van der Waals surface area contributed by atoms with E-state index in [1.165, 1.54) is 0 Å². The lowest BCUT2D eigenvalue weighted by Gasteiger charge is -2.05. The van der Waals surface area contributed by atoms with E-state index in [1.54, 1.807) is 11.3 Å². The highest BCUT2D eigenvalue weighted by atomic mass is 32.1. The van der Waals surface area contributed by atoms with Crippen LogP contribution < -0.4 is 5.32 Å². The van der Waals surface area contributed by atoms with Gasteiger partial charge in [-0.1, -0.05) is 25.2 Å². The number of aryl methyl sites for hydroxylation is 2. The van der Waals surface area contributed by atoms with Crippen LogP contribution in [0.2, 0.25) is 0 Å². The second-order valence-corrected chi connectivity index (χ2v) is 7.49. The highest BCUT2D eigenvalue weighted by Crippen LogP contribution is 2.27. The van der Waals surface area contributed by atoms with E-state index < -0.39 is 0 Å². The van der Waals surface area contributed by atoms with Crippen molar-refractivity contribution in [1.29, 1.82) is 0 Å². The summed E-state index contributed by atoms with van der Waals surface area (Å²) < 4.78 is 1.81. The maximum absolute atomic E-state index is 4.69. The third kappa shape index (κ3) is 3.15. The Kier molecular flexibility index (Phi) is 4.12. The van der Waals surface area contributed by atoms with E-state index in [-0.39, 0.29) is 0 Å². The zero-order valence-electron chi connectivity index (χ0n) is 15.1. The van der Waals surface area contributed by atoms with E-state index in [4.69, 9.17) is 0 Å². The molecule has 0 aliphatic heterocycles. The molecule has 0 fully saturated rings. The lowest BCUT2D eigenvalue weighted by molar-refractivity contribution is 0.756. The predicted octanol–water partition coefficient (Wildman–Crippen LogP) is 4.06. The number of fused-ring (bicyclic) bond motifs is 1. The average Bonchev–Trinajstić information content (AvgIpc) is 3.20. The van der Waals surface area contributed by atoms with Gasteiger partial charge < -0.3 is 5.32 Å². The molecule has 4 heterocycles. The van der Waals surface area contributed by atoms with E-state index in [9.17, 15) is 0 Å². The van der Waals surface area contributed by atoms with Crippen molar-refractivity contribution >= 4 is 33.3 Å². The van der Waals surface area contributed by atoms with Crippen molar-refractivity contribution in [3.8, 4) is 11.1 Å². The van der Waals surface area contributed by atoms with Crippen LogP contribution in [-0.2, 0) is 7.05 Å². The first-order valence-corrected chi connectivity index (χ1v) is 9.19. The fourth-order valence-electron chi connectivity index (χ4n) is 2.73. The average molecular weight is 365 g/mol. The van der Waals surface area contributed by atoms with Crippen molar-refractivity contribution in [2.45, 2.75) is 26.7 Å². The Hall–Kier alpha value is -2.87. The third-order valence-corrected chi connectivity index (χ3v) is 5.17. The van der Waals surface area contributed by atoms with E-state index in [0.29, 0.717) is 5.92 Å². The lowest BCUT2D eigenvalue weighted by atomic mass is 10.1. The van der Waals surface area contributed by atoms with Crippen molar-refractivity contribution in [3.05, 3.63) is 41.3 Å². The smallest absolute Gasteiger partial charge is 0.211 e. The van der Waals surface area contributed by atoms with Gasteiger partial charge in [0.15, 0.2) is 0 Å². The number of hydrogen-bond acceptors (Lipinski definition) is 7.